The van der Waals surface area contributed by atoms with Crippen LogP contribution in [0.2, 0.25) is 0 Å². The maximum atomic E-state index is 13.2. The van der Waals surface area contributed by atoms with Crippen molar-refractivity contribution < 1.29 is 9.18 Å². The molecule has 0 aliphatic carbocycles. The van der Waals surface area contributed by atoms with Crippen molar-refractivity contribution >= 4 is 44.9 Å². The third-order valence-corrected chi connectivity index (χ3v) is 6.91. The second-order valence-electron chi connectivity index (χ2n) is 6.91. The molecule has 2 aromatic carbocycles. The van der Waals surface area contributed by atoms with Crippen LogP contribution in [0, 0.1) is 24.1 Å². The lowest BCUT2D eigenvalue weighted by molar-refractivity contribution is 0.103. The molecule has 4 rings (SSSR count). The van der Waals surface area contributed by atoms with Crippen LogP contribution in [0.1, 0.15) is 27.3 Å². The van der Waals surface area contributed by atoms with Crippen LogP contribution in [0.5, 0.6) is 0 Å². The fourth-order valence-corrected chi connectivity index (χ4v) is 5.10. The van der Waals surface area contributed by atoms with Crippen LogP contribution < -0.4 is 5.32 Å². The summed E-state index contributed by atoms with van der Waals surface area (Å²) in [4.78, 5) is 15.4. The normalized spacial score (nSPS) is 10.9. The Kier molecular flexibility index (Phi) is 6.35. The molecule has 0 unspecified atom stereocenters. The number of hydrogen-bond acceptors (Lipinski definition) is 5. The molecule has 1 N–H and O–H groups in total. The highest BCUT2D eigenvalue weighted by atomic mass is 32.2. The van der Waals surface area contributed by atoms with E-state index in [1.165, 1.54) is 23.5 Å². The average molecular weight is 451 g/mol. The van der Waals surface area contributed by atoms with Gasteiger partial charge in [0, 0.05) is 22.5 Å². The Bertz CT molecular complexity index is 1270. The predicted molar refractivity (Wildman–Crippen MR) is 123 cm³/mol. The van der Waals surface area contributed by atoms with Crippen LogP contribution in [-0.4, -0.2) is 21.4 Å². The van der Waals surface area contributed by atoms with E-state index in [4.69, 9.17) is 5.26 Å². The zero-order valence-corrected chi connectivity index (χ0v) is 18.4. The number of nitriles is 1. The zero-order valence-electron chi connectivity index (χ0n) is 16.8. The quantitative estimate of drug-likeness (QED) is 0.283. The van der Waals surface area contributed by atoms with E-state index in [1.807, 2.05) is 41.9 Å². The Hall–Kier alpha value is -3.15. The summed E-state index contributed by atoms with van der Waals surface area (Å²) >= 11 is 2.93. The summed E-state index contributed by atoms with van der Waals surface area (Å²) in [6, 6.07) is 17.9. The first-order valence-corrected chi connectivity index (χ1v) is 11.5. The van der Waals surface area contributed by atoms with Crippen molar-refractivity contribution in [1.82, 2.24) is 9.78 Å². The molecule has 31 heavy (non-hydrogen) atoms. The first kappa shape index (κ1) is 21.1. The van der Waals surface area contributed by atoms with Crippen LogP contribution in [0.3, 0.4) is 0 Å². The van der Waals surface area contributed by atoms with Crippen LogP contribution >= 0.6 is 23.1 Å². The van der Waals surface area contributed by atoms with E-state index >= 15 is 0 Å². The van der Waals surface area contributed by atoms with Gasteiger partial charge in [0.2, 0.25) is 0 Å². The minimum absolute atomic E-state index is 0.178. The van der Waals surface area contributed by atoms with Gasteiger partial charge in [-0.25, -0.2) is 4.39 Å². The van der Waals surface area contributed by atoms with E-state index < -0.39 is 0 Å². The molecule has 4 aromatic rings. The Labute approximate surface area is 187 Å². The molecule has 0 atom stereocenters. The number of carbonyl (C=O) groups is 1. The van der Waals surface area contributed by atoms with E-state index in [-0.39, 0.29) is 11.7 Å². The summed E-state index contributed by atoms with van der Waals surface area (Å²) in [6.45, 7) is 2.42. The van der Waals surface area contributed by atoms with Crippen molar-refractivity contribution in [3.8, 4) is 6.07 Å². The van der Waals surface area contributed by atoms with Gasteiger partial charge < -0.3 is 5.32 Å². The maximum absolute atomic E-state index is 13.2. The number of nitrogens with one attached hydrogen (secondary N) is 1. The zero-order chi connectivity index (χ0) is 21.8. The monoisotopic (exact) mass is 450 g/mol. The van der Waals surface area contributed by atoms with Crippen molar-refractivity contribution in [1.29, 1.82) is 5.26 Å². The van der Waals surface area contributed by atoms with E-state index in [9.17, 15) is 9.18 Å². The van der Waals surface area contributed by atoms with Gasteiger partial charge in [-0.05, 0) is 42.8 Å². The lowest BCUT2D eigenvalue weighted by atomic mass is 10.2. The van der Waals surface area contributed by atoms with Crippen molar-refractivity contribution in [3.63, 3.8) is 0 Å². The van der Waals surface area contributed by atoms with Gasteiger partial charge in [-0.3, -0.25) is 9.48 Å². The molecular formula is C23H19FN4OS2. The lowest BCUT2D eigenvalue weighted by Crippen LogP contribution is -2.11. The van der Waals surface area contributed by atoms with Crippen molar-refractivity contribution in [2.75, 3.05) is 11.1 Å². The first-order valence-electron chi connectivity index (χ1n) is 9.66. The third-order valence-electron chi connectivity index (χ3n) is 4.68. The van der Waals surface area contributed by atoms with Crippen molar-refractivity contribution in [2.24, 2.45) is 0 Å². The highest BCUT2D eigenvalue weighted by Gasteiger charge is 2.17. The van der Waals surface area contributed by atoms with E-state index in [2.05, 4.69) is 16.5 Å². The molecule has 8 heteroatoms. The number of aryl methyl sites for hydroxylation is 1. The minimum Gasteiger partial charge on any atom is -0.320 e. The van der Waals surface area contributed by atoms with Gasteiger partial charge in [-0.15, -0.1) is 23.1 Å². The Morgan fingerprint density at radius 3 is 2.81 bits per heavy atom. The number of thioether (sulfide) groups is 1. The molecule has 0 bridgehead atoms. The molecule has 0 saturated carbocycles. The number of rotatable bonds is 7. The molecule has 2 aromatic heterocycles. The Morgan fingerprint density at radius 2 is 2.03 bits per heavy atom. The largest absolute Gasteiger partial charge is 0.320 e. The van der Waals surface area contributed by atoms with Crippen molar-refractivity contribution in [3.05, 3.63) is 76.5 Å². The summed E-state index contributed by atoms with van der Waals surface area (Å²) in [5.74, 6) is 0.221. The molecule has 156 valence electrons. The van der Waals surface area contributed by atoms with Gasteiger partial charge in [-0.1, -0.05) is 24.3 Å². The standard InChI is InChI=1S/C23H19FN4OS2/c1-15-18-13-21(22(29)26-19-5-2-3-6-20(19)30-12-4-11-25)31-23(18)28(27-15)14-16-7-9-17(24)10-8-16/h2-3,5-10,13H,4,12,14H2,1H3,(H,26,29). The molecule has 2 heterocycles. The first-order chi connectivity index (χ1) is 15.0. The van der Waals surface area contributed by atoms with E-state index in [0.717, 1.165) is 32.1 Å². The summed E-state index contributed by atoms with van der Waals surface area (Å²) in [6.07, 6.45) is 0.451. The molecule has 0 aliphatic rings. The molecule has 0 aliphatic heterocycles. The molecular weight excluding hydrogens is 431 g/mol. The van der Waals surface area contributed by atoms with Crippen LogP contribution in [-0.2, 0) is 6.54 Å². The molecule has 5 nitrogen and oxygen atoms in total. The summed E-state index contributed by atoms with van der Waals surface area (Å²) in [5, 5.41) is 17.3. The van der Waals surface area contributed by atoms with Crippen LogP contribution in [0.4, 0.5) is 10.1 Å². The highest BCUT2D eigenvalue weighted by Crippen LogP contribution is 2.31. The molecule has 0 spiro atoms. The van der Waals surface area contributed by atoms with Gasteiger partial charge in [0.1, 0.15) is 10.6 Å². The second-order valence-corrected chi connectivity index (χ2v) is 9.07. The molecule has 0 saturated heterocycles. The molecule has 0 radical (unpaired) electrons. The minimum atomic E-state index is -0.272. The summed E-state index contributed by atoms with van der Waals surface area (Å²) < 4.78 is 15.0. The number of nitrogens with zero attached hydrogens (tertiary/aromatic N) is 3. The fourth-order valence-electron chi connectivity index (χ4n) is 3.18. The smallest absolute Gasteiger partial charge is 0.265 e. The fraction of sp³-hybridized carbons (Fsp3) is 0.174. The SMILES string of the molecule is Cc1nn(Cc2ccc(F)cc2)c2sc(C(=O)Nc3ccccc3SCCC#N)cc12. The number of aromatic nitrogens is 2. The summed E-state index contributed by atoms with van der Waals surface area (Å²) in [5.41, 5.74) is 2.52. The molecule has 0 fully saturated rings. The van der Waals surface area contributed by atoms with Gasteiger partial charge >= 0.3 is 0 Å². The Morgan fingerprint density at radius 1 is 1.26 bits per heavy atom. The number of amides is 1. The number of halogens is 1. The van der Waals surface area contributed by atoms with Crippen LogP contribution in [0.15, 0.2) is 59.5 Å². The van der Waals surface area contributed by atoms with Crippen LogP contribution in [0.25, 0.3) is 10.2 Å². The molecule has 1 amide bonds. The van der Waals surface area contributed by atoms with Gasteiger partial charge in [0.05, 0.1) is 28.9 Å². The maximum Gasteiger partial charge on any atom is 0.265 e. The van der Waals surface area contributed by atoms with Gasteiger partial charge in [-0.2, -0.15) is 10.4 Å². The van der Waals surface area contributed by atoms with E-state index in [1.54, 1.807) is 23.9 Å². The highest BCUT2D eigenvalue weighted by molar-refractivity contribution is 7.99. The predicted octanol–water partition coefficient (Wildman–Crippen LogP) is 5.85. The van der Waals surface area contributed by atoms with E-state index in [0.29, 0.717) is 23.6 Å². The number of carbonyl (C=O) groups excluding carboxylic acids is 1. The second kappa shape index (κ2) is 9.33. The lowest BCUT2D eigenvalue weighted by Gasteiger charge is -2.09. The average Bonchev–Trinajstić information content (AvgIpc) is 3.32. The number of thiophene rings is 1. The number of anilines is 1. The van der Waals surface area contributed by atoms with Crippen molar-refractivity contribution in [2.45, 2.75) is 24.8 Å². The number of fused-ring (bicyclic) bond motifs is 1. The Balaban J connectivity index is 1.56. The topological polar surface area (TPSA) is 70.7 Å². The number of hydrogen-bond donors (Lipinski definition) is 1. The number of para-hydroxylation sites is 1. The third kappa shape index (κ3) is 4.79. The van der Waals surface area contributed by atoms with Gasteiger partial charge in [0.15, 0.2) is 0 Å². The van der Waals surface area contributed by atoms with Gasteiger partial charge in [0.25, 0.3) is 5.91 Å². The summed E-state index contributed by atoms with van der Waals surface area (Å²) in [7, 11) is 0. The number of benzene rings is 2.